The van der Waals surface area contributed by atoms with Crippen LogP contribution in [-0.4, -0.2) is 56.3 Å². The van der Waals surface area contributed by atoms with Gasteiger partial charge in [-0.25, -0.2) is 0 Å². The Hall–Kier alpha value is -1.95. The van der Waals surface area contributed by atoms with Gasteiger partial charge in [0, 0.05) is 18.7 Å². The van der Waals surface area contributed by atoms with E-state index < -0.39 is 0 Å². The number of phenols is 1. The van der Waals surface area contributed by atoms with Gasteiger partial charge in [-0.2, -0.15) is 0 Å². The van der Waals surface area contributed by atoms with E-state index in [0.29, 0.717) is 11.5 Å². The molecule has 1 amide bonds. The first-order chi connectivity index (χ1) is 12.0. The molecule has 0 spiro atoms. The number of ether oxygens (including phenoxy) is 2. The first-order valence-electron chi connectivity index (χ1n) is 9.10. The number of carbonyl (C=O) groups excluding carboxylic acids is 1. The number of nitrogens with zero attached hydrogens (tertiary/aromatic N) is 1. The molecule has 140 valence electrons. The number of quaternary nitrogens is 1. The zero-order chi connectivity index (χ0) is 18.4. The van der Waals surface area contributed by atoms with Crippen LogP contribution >= 0.6 is 0 Å². The molecule has 2 atom stereocenters. The van der Waals surface area contributed by atoms with Crippen LogP contribution < -0.4 is 14.4 Å². The number of phenolic OH excluding ortho intramolecular Hbond substituents is 1. The number of nitrogens with one attached hydrogen (secondary N) is 1. The zero-order valence-corrected chi connectivity index (χ0v) is 15.8. The highest BCUT2D eigenvalue weighted by Gasteiger charge is 2.31. The average molecular weight is 351 g/mol. The van der Waals surface area contributed by atoms with Crippen molar-refractivity contribution in [1.29, 1.82) is 0 Å². The van der Waals surface area contributed by atoms with E-state index in [2.05, 4.69) is 0 Å². The molecule has 2 N–H and O–H groups in total. The summed E-state index contributed by atoms with van der Waals surface area (Å²) >= 11 is 0. The molecule has 0 bridgehead atoms. The minimum atomic E-state index is 0.0250. The second kappa shape index (κ2) is 8.94. The van der Waals surface area contributed by atoms with Crippen molar-refractivity contribution in [1.82, 2.24) is 4.90 Å². The Labute approximate surface area is 150 Å². The maximum Gasteiger partial charge on any atom is 0.231 e. The fourth-order valence-corrected chi connectivity index (χ4v) is 3.65. The number of benzene rings is 1. The van der Waals surface area contributed by atoms with Gasteiger partial charge in [-0.1, -0.05) is 0 Å². The number of hydrogen-bond donors (Lipinski definition) is 2. The van der Waals surface area contributed by atoms with Gasteiger partial charge in [0.05, 0.1) is 33.2 Å². The highest BCUT2D eigenvalue weighted by atomic mass is 16.5. The Bertz CT molecular complexity index is 562. The summed E-state index contributed by atoms with van der Waals surface area (Å²) in [6.07, 6.45) is 2.03. The number of amides is 1. The third-order valence-corrected chi connectivity index (χ3v) is 5.04. The van der Waals surface area contributed by atoms with E-state index in [4.69, 9.17) is 9.47 Å². The average Bonchev–Trinajstić information content (AvgIpc) is 2.64. The summed E-state index contributed by atoms with van der Waals surface area (Å²) < 4.78 is 10.5. The first-order valence-corrected chi connectivity index (χ1v) is 9.10. The van der Waals surface area contributed by atoms with E-state index in [0.717, 1.165) is 51.1 Å². The topological polar surface area (TPSA) is 63.4 Å². The van der Waals surface area contributed by atoms with Crippen LogP contribution in [-0.2, 0) is 11.3 Å². The number of carbonyl (C=O) groups is 1. The van der Waals surface area contributed by atoms with Gasteiger partial charge < -0.3 is 24.4 Å². The van der Waals surface area contributed by atoms with Crippen LogP contribution in [0.2, 0.25) is 0 Å². The molecule has 0 saturated carbocycles. The molecule has 1 saturated heterocycles. The molecule has 1 aromatic rings. The molecule has 1 heterocycles. The smallest absolute Gasteiger partial charge is 0.231 e. The monoisotopic (exact) mass is 351 g/mol. The highest BCUT2D eigenvalue weighted by Crippen LogP contribution is 2.36. The summed E-state index contributed by atoms with van der Waals surface area (Å²) in [6, 6.07) is 3.70. The summed E-state index contributed by atoms with van der Waals surface area (Å²) in [5.74, 6) is 1.24. The molecule has 6 nitrogen and oxygen atoms in total. The van der Waals surface area contributed by atoms with Crippen molar-refractivity contribution in [2.24, 2.45) is 5.92 Å². The van der Waals surface area contributed by atoms with E-state index in [1.54, 1.807) is 0 Å². The van der Waals surface area contributed by atoms with Crippen LogP contribution in [0.15, 0.2) is 12.1 Å². The second-order valence-electron chi connectivity index (χ2n) is 6.58. The van der Waals surface area contributed by atoms with E-state index in [-0.39, 0.29) is 17.6 Å². The summed E-state index contributed by atoms with van der Waals surface area (Å²) in [4.78, 5) is 16.0. The van der Waals surface area contributed by atoms with Crippen molar-refractivity contribution < 1.29 is 24.3 Å². The number of likely N-dealkylation sites (tertiary alicyclic amines) is 1. The van der Waals surface area contributed by atoms with Gasteiger partial charge in [-0.15, -0.1) is 0 Å². The number of aromatic hydroxyl groups is 1. The van der Waals surface area contributed by atoms with Crippen LogP contribution in [0.3, 0.4) is 0 Å². The maximum absolute atomic E-state index is 12.6. The van der Waals surface area contributed by atoms with Gasteiger partial charge in [0.1, 0.15) is 6.54 Å². The van der Waals surface area contributed by atoms with Crippen LogP contribution in [0.5, 0.6) is 17.2 Å². The molecule has 0 radical (unpaired) electrons. The first kappa shape index (κ1) is 19.4. The maximum atomic E-state index is 12.6. The zero-order valence-electron chi connectivity index (χ0n) is 15.8. The minimum absolute atomic E-state index is 0.0250. The van der Waals surface area contributed by atoms with Gasteiger partial charge in [0.25, 0.3) is 0 Å². The SMILES string of the molecule is CCN(CC)C(=O)[C@H]1CCC[NH+](Cc2cc(OC)c(O)c(OC)c2)C1. The van der Waals surface area contributed by atoms with E-state index in [9.17, 15) is 9.90 Å². The number of methoxy groups -OCH3 is 2. The fourth-order valence-electron chi connectivity index (χ4n) is 3.65. The van der Waals surface area contributed by atoms with Crippen molar-refractivity contribution in [3.63, 3.8) is 0 Å². The Morgan fingerprint density at radius 2 is 1.84 bits per heavy atom. The Balaban J connectivity index is 2.09. The number of piperidine rings is 1. The molecular formula is C19H31N2O4+. The molecule has 1 aliphatic heterocycles. The standard InChI is InChI=1S/C19H30N2O4/c1-5-21(6-2)19(23)15-8-7-9-20(13-15)12-14-10-16(24-3)18(22)17(11-14)25-4/h10-11,15,22H,5-9,12-13H2,1-4H3/p+1/t15-/m0/s1. The lowest BCUT2D eigenvalue weighted by Gasteiger charge is -2.32. The van der Waals surface area contributed by atoms with Crippen molar-refractivity contribution in [2.75, 3.05) is 40.4 Å². The normalized spacial score (nSPS) is 20.2. The predicted molar refractivity (Wildman–Crippen MR) is 96.3 cm³/mol. The summed E-state index contributed by atoms with van der Waals surface area (Å²) in [5, 5.41) is 10.0. The Kier molecular flexibility index (Phi) is 6.93. The highest BCUT2D eigenvalue weighted by molar-refractivity contribution is 5.78. The van der Waals surface area contributed by atoms with Gasteiger partial charge in [-0.3, -0.25) is 4.79 Å². The van der Waals surface area contributed by atoms with E-state index >= 15 is 0 Å². The number of hydrogen-bond acceptors (Lipinski definition) is 4. The Morgan fingerprint density at radius 3 is 2.36 bits per heavy atom. The molecule has 1 unspecified atom stereocenters. The predicted octanol–water partition coefficient (Wildman–Crippen LogP) is 1.07. The summed E-state index contributed by atoms with van der Waals surface area (Å²) in [6.45, 7) is 8.29. The lowest BCUT2D eigenvalue weighted by atomic mass is 9.96. The summed E-state index contributed by atoms with van der Waals surface area (Å²) in [7, 11) is 3.07. The lowest BCUT2D eigenvalue weighted by molar-refractivity contribution is -0.921. The molecule has 6 heteroatoms. The Morgan fingerprint density at radius 1 is 1.24 bits per heavy atom. The summed E-state index contributed by atoms with van der Waals surface area (Å²) in [5.41, 5.74) is 1.04. The van der Waals surface area contributed by atoms with Crippen LogP contribution in [0.25, 0.3) is 0 Å². The second-order valence-corrected chi connectivity index (χ2v) is 6.58. The van der Waals surface area contributed by atoms with Crippen molar-refractivity contribution in [3.8, 4) is 17.2 Å². The third-order valence-electron chi connectivity index (χ3n) is 5.04. The molecule has 25 heavy (non-hydrogen) atoms. The van der Waals surface area contributed by atoms with Gasteiger partial charge in [0.2, 0.25) is 11.7 Å². The third kappa shape index (κ3) is 4.57. The molecule has 0 aromatic heterocycles. The van der Waals surface area contributed by atoms with E-state index in [1.807, 2.05) is 30.9 Å². The van der Waals surface area contributed by atoms with Crippen molar-refractivity contribution >= 4 is 5.91 Å². The molecule has 1 fully saturated rings. The number of rotatable bonds is 7. The molecule has 1 aromatic carbocycles. The van der Waals surface area contributed by atoms with Crippen molar-refractivity contribution in [2.45, 2.75) is 33.2 Å². The molecule has 2 rings (SSSR count). The molecular weight excluding hydrogens is 320 g/mol. The van der Waals surface area contributed by atoms with Crippen molar-refractivity contribution in [3.05, 3.63) is 17.7 Å². The van der Waals surface area contributed by atoms with Gasteiger partial charge in [-0.05, 0) is 38.8 Å². The van der Waals surface area contributed by atoms with Crippen LogP contribution in [0.4, 0.5) is 0 Å². The van der Waals surface area contributed by atoms with Crippen LogP contribution in [0, 0.1) is 5.92 Å². The van der Waals surface area contributed by atoms with Gasteiger partial charge in [0.15, 0.2) is 11.5 Å². The molecule has 0 aliphatic carbocycles. The minimum Gasteiger partial charge on any atom is -0.502 e. The van der Waals surface area contributed by atoms with E-state index in [1.165, 1.54) is 19.1 Å². The largest absolute Gasteiger partial charge is 0.502 e. The van der Waals surface area contributed by atoms with Gasteiger partial charge >= 0.3 is 0 Å². The quantitative estimate of drug-likeness (QED) is 0.771. The fraction of sp³-hybridized carbons (Fsp3) is 0.632. The molecule has 1 aliphatic rings. The van der Waals surface area contributed by atoms with Crippen LogP contribution in [0.1, 0.15) is 32.3 Å². The lowest BCUT2D eigenvalue weighted by Crippen LogP contribution is -3.12.